The van der Waals surface area contributed by atoms with Crippen LogP contribution in [0.2, 0.25) is 5.02 Å². The number of carboxylic acids is 1. The van der Waals surface area contributed by atoms with Crippen LogP contribution < -0.4 is 9.47 Å². The maximum Gasteiger partial charge on any atom is 0.356 e. The van der Waals surface area contributed by atoms with Crippen LogP contribution in [0.3, 0.4) is 0 Å². The molecule has 2 saturated heterocycles. The molecular weight excluding hydrogens is 548 g/mol. The number of hydrogen-bond acceptors (Lipinski definition) is 9. The molecule has 0 aliphatic carbocycles. The lowest BCUT2D eigenvalue weighted by Gasteiger charge is -2.33. The van der Waals surface area contributed by atoms with E-state index in [-0.39, 0.29) is 11.8 Å². The average molecular weight is 577 g/mol. The third-order valence-electron chi connectivity index (χ3n) is 8.17. The van der Waals surface area contributed by atoms with Gasteiger partial charge in [0.25, 0.3) is 5.79 Å². The van der Waals surface area contributed by atoms with Crippen LogP contribution in [-0.2, 0) is 23.6 Å². The van der Waals surface area contributed by atoms with Gasteiger partial charge < -0.3 is 23.9 Å². The predicted molar refractivity (Wildman–Crippen MR) is 148 cm³/mol. The molecule has 41 heavy (non-hydrogen) atoms. The molecule has 3 aliphatic rings. The van der Waals surface area contributed by atoms with Crippen molar-refractivity contribution in [3.8, 4) is 11.5 Å². The van der Waals surface area contributed by atoms with Gasteiger partial charge in [-0.15, -0.1) is 10.2 Å². The highest BCUT2D eigenvalue weighted by Crippen LogP contribution is 2.49. The van der Waals surface area contributed by atoms with E-state index in [1.165, 1.54) is 6.07 Å². The summed E-state index contributed by atoms with van der Waals surface area (Å²) in [6.45, 7) is 5.63. The molecule has 0 unspecified atom stereocenters. The van der Waals surface area contributed by atoms with Crippen LogP contribution in [0.5, 0.6) is 11.5 Å². The third kappa shape index (κ3) is 4.87. The van der Waals surface area contributed by atoms with Crippen molar-refractivity contribution in [2.45, 2.75) is 57.1 Å². The number of aromatic carboxylic acids is 1. The standard InChI is InChI=1S/C29H29ClN6O5/c1-29(24-6-5-18(30)14-31-24)40-23-4-2-3-20(26(23)41-29)17-7-10-35(11-8-17)16-25-32-21-13-22(28(37)38)33-34-27(21)36(25)15-19-9-12-39-19/h2-6,13-14,17,19H,7-12,15-16H2,1H3,(H,37,38)/t19-,29-/m0/s1. The van der Waals surface area contributed by atoms with E-state index in [0.717, 1.165) is 61.8 Å². The number of pyridine rings is 1. The smallest absolute Gasteiger partial charge is 0.356 e. The van der Waals surface area contributed by atoms with Crippen LogP contribution in [0.15, 0.2) is 42.6 Å². The largest absolute Gasteiger partial charge is 0.476 e. The average Bonchev–Trinajstić information content (AvgIpc) is 3.47. The molecule has 1 aromatic carbocycles. The first-order valence-corrected chi connectivity index (χ1v) is 14.2. The molecule has 0 saturated carbocycles. The summed E-state index contributed by atoms with van der Waals surface area (Å²) < 4.78 is 20.4. The van der Waals surface area contributed by atoms with E-state index in [1.54, 1.807) is 12.3 Å². The lowest BCUT2D eigenvalue weighted by atomic mass is 9.88. The SMILES string of the molecule is C[C@]1(c2ccc(Cl)cn2)Oc2cccc(C3CCN(Cc4nc5cc(C(=O)O)nnc5n4C[C@@H]4CCO4)CC3)c2O1. The highest BCUT2D eigenvalue weighted by atomic mass is 35.5. The topological polar surface area (TPSA) is 125 Å². The van der Waals surface area contributed by atoms with Crippen LogP contribution in [0.4, 0.5) is 0 Å². The number of likely N-dealkylation sites (tertiary alicyclic amines) is 1. The highest BCUT2D eigenvalue weighted by molar-refractivity contribution is 6.30. The molecule has 2 atom stereocenters. The van der Waals surface area contributed by atoms with Gasteiger partial charge in [-0.25, -0.2) is 9.78 Å². The van der Waals surface area contributed by atoms with E-state index < -0.39 is 11.8 Å². The van der Waals surface area contributed by atoms with Crippen molar-refractivity contribution < 1.29 is 24.1 Å². The number of carboxylic acid groups (broad SMARTS) is 1. The third-order valence-corrected chi connectivity index (χ3v) is 8.39. The minimum absolute atomic E-state index is 0.106. The molecule has 2 fully saturated rings. The van der Waals surface area contributed by atoms with Crippen molar-refractivity contribution in [1.29, 1.82) is 0 Å². The first kappa shape index (κ1) is 26.1. The zero-order chi connectivity index (χ0) is 28.1. The van der Waals surface area contributed by atoms with Gasteiger partial charge in [0.15, 0.2) is 22.8 Å². The zero-order valence-corrected chi connectivity index (χ0v) is 23.3. The van der Waals surface area contributed by atoms with Gasteiger partial charge in [-0.2, -0.15) is 0 Å². The maximum atomic E-state index is 11.4. The van der Waals surface area contributed by atoms with Crippen molar-refractivity contribution in [1.82, 2.24) is 29.6 Å². The Morgan fingerprint density at radius 3 is 2.68 bits per heavy atom. The first-order valence-electron chi connectivity index (χ1n) is 13.8. The van der Waals surface area contributed by atoms with Crippen LogP contribution in [0.25, 0.3) is 11.2 Å². The summed E-state index contributed by atoms with van der Waals surface area (Å²) in [4.78, 5) is 23.0. The molecule has 11 nitrogen and oxygen atoms in total. The Hall–Kier alpha value is -3.80. The number of rotatable bonds is 7. The fraction of sp³-hybridized carbons (Fsp3) is 0.414. The molecule has 7 rings (SSSR count). The van der Waals surface area contributed by atoms with Crippen molar-refractivity contribution in [2.24, 2.45) is 0 Å². The number of halogens is 1. The fourth-order valence-corrected chi connectivity index (χ4v) is 5.95. The quantitative estimate of drug-likeness (QED) is 0.339. The normalized spacial score (nSPS) is 22.6. The Balaban J connectivity index is 1.07. The summed E-state index contributed by atoms with van der Waals surface area (Å²) in [7, 11) is 0. The summed E-state index contributed by atoms with van der Waals surface area (Å²) in [6.07, 6.45) is 4.58. The van der Waals surface area contributed by atoms with Gasteiger partial charge in [-0.3, -0.25) is 9.88 Å². The number of hydrogen-bond donors (Lipinski definition) is 1. The molecule has 3 aromatic heterocycles. The number of para-hydroxylation sites is 1. The molecule has 3 aliphatic heterocycles. The molecular formula is C29H29ClN6O5. The lowest BCUT2D eigenvalue weighted by Crippen LogP contribution is -2.35. The summed E-state index contributed by atoms with van der Waals surface area (Å²) >= 11 is 6.03. The Morgan fingerprint density at radius 1 is 1.15 bits per heavy atom. The van der Waals surface area contributed by atoms with Gasteiger partial charge in [0.1, 0.15) is 17.0 Å². The number of piperidine rings is 1. The number of ether oxygens (including phenoxy) is 3. The zero-order valence-electron chi connectivity index (χ0n) is 22.5. The number of carbonyl (C=O) groups is 1. The number of imidazole rings is 1. The van der Waals surface area contributed by atoms with Gasteiger partial charge in [0, 0.05) is 31.4 Å². The molecule has 0 bridgehead atoms. The Bertz CT molecular complexity index is 1620. The van der Waals surface area contributed by atoms with Crippen molar-refractivity contribution in [2.75, 3.05) is 19.7 Å². The highest BCUT2D eigenvalue weighted by Gasteiger charge is 2.42. The first-order chi connectivity index (χ1) is 19.9. The summed E-state index contributed by atoms with van der Waals surface area (Å²) in [6, 6.07) is 11.2. The summed E-state index contributed by atoms with van der Waals surface area (Å²) in [5, 5.41) is 18.0. The van der Waals surface area contributed by atoms with Gasteiger partial charge in [0.2, 0.25) is 0 Å². The van der Waals surface area contributed by atoms with Gasteiger partial charge in [-0.05, 0) is 56.5 Å². The van der Waals surface area contributed by atoms with Crippen LogP contribution in [0.1, 0.15) is 59.7 Å². The molecule has 0 spiro atoms. The molecule has 0 radical (unpaired) electrons. The molecule has 0 amide bonds. The van der Waals surface area contributed by atoms with Crippen molar-refractivity contribution >= 4 is 28.7 Å². The molecule has 1 N–H and O–H groups in total. The monoisotopic (exact) mass is 576 g/mol. The predicted octanol–water partition coefficient (Wildman–Crippen LogP) is 4.39. The minimum atomic E-state index is -1.12. The Labute approximate surface area is 241 Å². The number of fused-ring (bicyclic) bond motifs is 2. The number of nitrogens with zero attached hydrogens (tertiary/aromatic N) is 6. The van der Waals surface area contributed by atoms with Crippen LogP contribution in [0, 0.1) is 0 Å². The Morgan fingerprint density at radius 2 is 1.98 bits per heavy atom. The molecule has 4 aromatic rings. The fourth-order valence-electron chi connectivity index (χ4n) is 5.84. The van der Waals surface area contributed by atoms with E-state index in [0.29, 0.717) is 40.9 Å². The number of benzene rings is 1. The van der Waals surface area contributed by atoms with Crippen LogP contribution in [-0.4, -0.2) is 66.5 Å². The van der Waals surface area contributed by atoms with Gasteiger partial charge in [0.05, 0.1) is 24.2 Å². The second-order valence-electron chi connectivity index (χ2n) is 10.9. The van der Waals surface area contributed by atoms with E-state index in [1.807, 2.05) is 29.7 Å². The van der Waals surface area contributed by atoms with Crippen LogP contribution >= 0.6 is 11.6 Å². The van der Waals surface area contributed by atoms with E-state index in [4.69, 9.17) is 30.8 Å². The van der Waals surface area contributed by atoms with Crippen molar-refractivity contribution in [3.63, 3.8) is 0 Å². The van der Waals surface area contributed by atoms with Gasteiger partial charge in [-0.1, -0.05) is 23.7 Å². The van der Waals surface area contributed by atoms with E-state index in [9.17, 15) is 9.90 Å². The van der Waals surface area contributed by atoms with E-state index in [2.05, 4.69) is 26.1 Å². The van der Waals surface area contributed by atoms with Crippen molar-refractivity contribution in [3.05, 3.63) is 70.4 Å². The summed E-state index contributed by atoms with van der Waals surface area (Å²) in [5.74, 6) is 0.520. The van der Waals surface area contributed by atoms with Gasteiger partial charge >= 0.3 is 5.97 Å². The summed E-state index contributed by atoms with van der Waals surface area (Å²) in [5.41, 5.74) is 2.82. The molecule has 12 heteroatoms. The minimum Gasteiger partial charge on any atom is -0.476 e. The number of aromatic nitrogens is 5. The molecule has 212 valence electrons. The lowest BCUT2D eigenvalue weighted by molar-refractivity contribution is -0.0722. The van der Waals surface area contributed by atoms with E-state index >= 15 is 0 Å². The Kier molecular flexibility index (Phi) is 6.52. The second kappa shape index (κ2) is 10.2. The second-order valence-corrected chi connectivity index (χ2v) is 11.3. The maximum absolute atomic E-state index is 11.4. The molecule has 6 heterocycles.